The predicted octanol–water partition coefficient (Wildman–Crippen LogP) is 4.04. The van der Waals surface area contributed by atoms with Crippen LogP contribution in [0.1, 0.15) is 50.4 Å². The molecule has 1 amide bonds. The van der Waals surface area contributed by atoms with Crippen molar-refractivity contribution in [2.75, 3.05) is 13.2 Å². The number of ether oxygens (including phenoxy) is 2. The van der Waals surface area contributed by atoms with Crippen LogP contribution in [-0.2, 0) is 9.53 Å². The highest BCUT2D eigenvalue weighted by atomic mass is 16.5. The Kier molecular flexibility index (Phi) is 7.99. The van der Waals surface area contributed by atoms with Gasteiger partial charge in [-0.1, -0.05) is 25.2 Å². The monoisotopic (exact) mass is 384 g/mol. The summed E-state index contributed by atoms with van der Waals surface area (Å²) in [5.74, 6) is 0.138. The van der Waals surface area contributed by atoms with Crippen LogP contribution in [0.15, 0.2) is 53.2 Å². The second-order valence-corrected chi connectivity index (χ2v) is 6.91. The molecule has 1 aliphatic rings. The van der Waals surface area contributed by atoms with Crippen molar-refractivity contribution in [1.82, 2.24) is 5.43 Å². The number of carbonyl (C=O) groups excluding carboxylic acids is 2. The van der Waals surface area contributed by atoms with E-state index < -0.39 is 0 Å². The molecular weight excluding hydrogens is 356 g/mol. The van der Waals surface area contributed by atoms with Crippen LogP contribution in [0.5, 0.6) is 5.75 Å². The lowest BCUT2D eigenvalue weighted by Crippen LogP contribution is -2.27. The molecule has 1 N–H and O–H groups in total. The van der Waals surface area contributed by atoms with Crippen LogP contribution in [0.3, 0.4) is 0 Å². The SMILES string of the molecule is C=C(C)[C@@H]1CC=C(C)/C(=N\NC(=O)COc2ccc(C(=O)OCCC)cc2)C1. The molecule has 1 aromatic rings. The van der Waals surface area contributed by atoms with E-state index in [-0.39, 0.29) is 18.5 Å². The molecule has 0 aliphatic heterocycles. The average molecular weight is 384 g/mol. The first kappa shape index (κ1) is 21.4. The quantitative estimate of drug-likeness (QED) is 0.417. The molecule has 1 atom stereocenters. The molecule has 0 fully saturated rings. The Morgan fingerprint density at radius 3 is 2.64 bits per heavy atom. The van der Waals surface area contributed by atoms with Crippen molar-refractivity contribution in [2.45, 2.75) is 40.0 Å². The van der Waals surface area contributed by atoms with Crippen LogP contribution in [0.2, 0.25) is 0 Å². The zero-order valence-electron chi connectivity index (χ0n) is 16.8. The number of carbonyl (C=O) groups is 2. The minimum atomic E-state index is -0.370. The molecule has 0 aromatic heterocycles. The Morgan fingerprint density at radius 2 is 2.00 bits per heavy atom. The molecule has 0 saturated heterocycles. The van der Waals surface area contributed by atoms with Gasteiger partial charge < -0.3 is 9.47 Å². The van der Waals surface area contributed by atoms with Crippen molar-refractivity contribution in [3.05, 3.63) is 53.6 Å². The molecule has 28 heavy (non-hydrogen) atoms. The molecule has 0 heterocycles. The molecule has 2 rings (SSSR count). The first-order chi connectivity index (χ1) is 13.4. The third-order valence-electron chi connectivity index (χ3n) is 4.51. The van der Waals surface area contributed by atoms with Gasteiger partial charge in [0, 0.05) is 0 Å². The molecule has 6 nitrogen and oxygen atoms in total. The number of hydrogen-bond acceptors (Lipinski definition) is 5. The highest BCUT2D eigenvalue weighted by Gasteiger charge is 2.18. The largest absolute Gasteiger partial charge is 0.484 e. The van der Waals surface area contributed by atoms with Crippen LogP contribution >= 0.6 is 0 Å². The smallest absolute Gasteiger partial charge is 0.338 e. The van der Waals surface area contributed by atoms with Gasteiger partial charge in [-0.05, 0) is 68.9 Å². The first-order valence-corrected chi connectivity index (χ1v) is 9.48. The number of hydrogen-bond donors (Lipinski definition) is 1. The van der Waals surface area contributed by atoms with Gasteiger partial charge in [-0.3, -0.25) is 4.79 Å². The fraction of sp³-hybridized carbons (Fsp3) is 0.409. The van der Waals surface area contributed by atoms with Gasteiger partial charge in [0.05, 0.1) is 17.9 Å². The van der Waals surface area contributed by atoms with Crippen molar-refractivity contribution >= 4 is 17.6 Å². The van der Waals surface area contributed by atoms with Crippen molar-refractivity contribution < 1.29 is 19.1 Å². The van der Waals surface area contributed by atoms with E-state index in [9.17, 15) is 9.59 Å². The molecule has 1 aliphatic carbocycles. The topological polar surface area (TPSA) is 77.0 Å². The normalized spacial score (nSPS) is 17.6. The van der Waals surface area contributed by atoms with E-state index in [1.165, 1.54) is 0 Å². The van der Waals surface area contributed by atoms with Crippen molar-refractivity contribution in [1.29, 1.82) is 0 Å². The molecule has 0 spiro atoms. The number of hydrazone groups is 1. The fourth-order valence-electron chi connectivity index (χ4n) is 2.70. The molecular formula is C22H28N2O4. The molecule has 0 radical (unpaired) electrons. The molecule has 0 saturated carbocycles. The second kappa shape index (κ2) is 10.4. The Bertz CT molecular complexity index is 778. The third kappa shape index (κ3) is 6.37. The minimum Gasteiger partial charge on any atom is -0.484 e. The third-order valence-corrected chi connectivity index (χ3v) is 4.51. The number of nitrogens with one attached hydrogen (secondary N) is 1. The standard InChI is InChI=1S/C22H28N2O4/c1-5-12-27-22(26)17-8-10-19(11-9-17)28-14-21(25)24-23-20-13-18(15(2)3)7-6-16(20)4/h6,8-11,18H,2,5,7,12-14H2,1,3-4H3,(H,24,25)/b23-20-/t18-/m1/s1. The zero-order valence-corrected chi connectivity index (χ0v) is 16.8. The summed E-state index contributed by atoms with van der Waals surface area (Å²) in [7, 11) is 0. The maximum atomic E-state index is 12.0. The van der Waals surface area contributed by atoms with Gasteiger partial charge in [0.25, 0.3) is 5.91 Å². The van der Waals surface area contributed by atoms with Gasteiger partial charge in [0.2, 0.25) is 0 Å². The number of esters is 1. The molecule has 150 valence electrons. The summed E-state index contributed by atoms with van der Waals surface area (Å²) in [6.45, 7) is 10.2. The van der Waals surface area contributed by atoms with Crippen molar-refractivity contribution in [3.63, 3.8) is 0 Å². The average Bonchev–Trinajstić information content (AvgIpc) is 2.70. The lowest BCUT2D eigenvalue weighted by Gasteiger charge is -2.22. The Hall–Kier alpha value is -2.89. The van der Waals surface area contributed by atoms with E-state index in [2.05, 4.69) is 23.2 Å². The minimum absolute atomic E-state index is 0.164. The maximum Gasteiger partial charge on any atom is 0.338 e. The van der Waals surface area contributed by atoms with Gasteiger partial charge in [0.15, 0.2) is 6.61 Å². The van der Waals surface area contributed by atoms with Crippen LogP contribution in [0.25, 0.3) is 0 Å². The predicted molar refractivity (Wildman–Crippen MR) is 109 cm³/mol. The van der Waals surface area contributed by atoms with Crippen LogP contribution < -0.4 is 10.2 Å². The van der Waals surface area contributed by atoms with Crippen LogP contribution in [0, 0.1) is 5.92 Å². The number of benzene rings is 1. The summed E-state index contributed by atoms with van der Waals surface area (Å²) in [6, 6.07) is 6.49. The summed E-state index contributed by atoms with van der Waals surface area (Å²) < 4.78 is 10.5. The second-order valence-electron chi connectivity index (χ2n) is 6.91. The van der Waals surface area contributed by atoms with Gasteiger partial charge in [0.1, 0.15) is 5.75 Å². The summed E-state index contributed by atoms with van der Waals surface area (Å²) in [5, 5.41) is 4.24. The molecule has 1 aromatic carbocycles. The number of amides is 1. The van der Waals surface area contributed by atoms with Crippen molar-refractivity contribution in [3.8, 4) is 5.75 Å². The highest BCUT2D eigenvalue weighted by Crippen LogP contribution is 2.26. The van der Waals surface area contributed by atoms with Gasteiger partial charge in [-0.15, -0.1) is 0 Å². The zero-order chi connectivity index (χ0) is 20.5. The lowest BCUT2D eigenvalue weighted by atomic mass is 9.85. The van der Waals surface area contributed by atoms with Crippen LogP contribution in [-0.4, -0.2) is 30.8 Å². The van der Waals surface area contributed by atoms with E-state index in [4.69, 9.17) is 9.47 Å². The van der Waals surface area contributed by atoms with E-state index in [0.29, 0.717) is 23.8 Å². The summed E-state index contributed by atoms with van der Waals surface area (Å²) in [4.78, 5) is 23.8. The lowest BCUT2D eigenvalue weighted by molar-refractivity contribution is -0.123. The number of allylic oxidation sites excluding steroid dienone is 3. The van der Waals surface area contributed by atoms with Gasteiger partial charge >= 0.3 is 5.97 Å². The Morgan fingerprint density at radius 1 is 1.29 bits per heavy atom. The Balaban J connectivity index is 1.84. The number of nitrogens with zero attached hydrogens (tertiary/aromatic N) is 1. The van der Waals surface area contributed by atoms with Crippen molar-refractivity contribution in [2.24, 2.45) is 11.0 Å². The highest BCUT2D eigenvalue weighted by molar-refractivity contribution is 6.01. The summed E-state index contributed by atoms with van der Waals surface area (Å²) in [6.07, 6.45) is 4.63. The molecule has 0 unspecified atom stereocenters. The first-order valence-electron chi connectivity index (χ1n) is 9.48. The maximum absolute atomic E-state index is 12.0. The van der Waals surface area contributed by atoms with Gasteiger partial charge in [-0.25, -0.2) is 10.2 Å². The molecule has 6 heteroatoms. The van der Waals surface area contributed by atoms with Gasteiger partial charge in [-0.2, -0.15) is 5.10 Å². The van der Waals surface area contributed by atoms with Crippen LogP contribution in [0.4, 0.5) is 0 Å². The Labute approximate surface area is 166 Å². The summed E-state index contributed by atoms with van der Waals surface area (Å²) in [5.41, 5.74) is 6.05. The van der Waals surface area contributed by atoms with E-state index in [1.54, 1.807) is 24.3 Å². The van der Waals surface area contributed by atoms with E-state index in [1.807, 2.05) is 20.8 Å². The van der Waals surface area contributed by atoms with E-state index in [0.717, 1.165) is 36.1 Å². The van der Waals surface area contributed by atoms with E-state index >= 15 is 0 Å². The summed E-state index contributed by atoms with van der Waals surface area (Å²) >= 11 is 0. The fourth-order valence-corrected chi connectivity index (χ4v) is 2.70. The number of rotatable bonds is 8. The molecule has 0 bridgehead atoms.